The third-order valence-corrected chi connectivity index (χ3v) is 6.24. The lowest BCUT2D eigenvalue weighted by Crippen LogP contribution is -2.41. The number of nitrogens with zero attached hydrogens (tertiary/aromatic N) is 1. The summed E-state index contributed by atoms with van der Waals surface area (Å²) in [5.41, 5.74) is 1.54. The Morgan fingerprint density at radius 1 is 1.04 bits per heavy atom. The van der Waals surface area contributed by atoms with Gasteiger partial charge in [-0.05, 0) is 23.3 Å². The number of phenols is 1. The predicted octanol–water partition coefficient (Wildman–Crippen LogP) is 1.48. The van der Waals surface area contributed by atoms with Gasteiger partial charge in [0.05, 0.1) is 24.5 Å². The number of sulfonamides is 1. The normalized spacial score (nSPS) is 15.4. The van der Waals surface area contributed by atoms with E-state index in [9.17, 15) is 18.3 Å². The van der Waals surface area contributed by atoms with E-state index in [1.165, 1.54) is 16.4 Å². The fourth-order valence-electron chi connectivity index (χ4n) is 2.92. The number of amides is 1. The maximum absolute atomic E-state index is 12.7. The second-order valence-corrected chi connectivity index (χ2v) is 8.21. The van der Waals surface area contributed by atoms with E-state index in [2.05, 4.69) is 5.32 Å². The van der Waals surface area contributed by atoms with Crippen LogP contribution >= 0.6 is 0 Å². The minimum absolute atomic E-state index is 0.0989. The molecule has 0 saturated carbocycles. The molecule has 2 aromatic rings. The van der Waals surface area contributed by atoms with E-state index in [4.69, 9.17) is 4.74 Å². The van der Waals surface area contributed by atoms with Gasteiger partial charge in [0.1, 0.15) is 5.75 Å². The van der Waals surface area contributed by atoms with Gasteiger partial charge >= 0.3 is 0 Å². The van der Waals surface area contributed by atoms with Crippen molar-refractivity contribution < 1.29 is 23.1 Å². The maximum Gasteiger partial charge on any atom is 0.255 e. The zero-order valence-electron chi connectivity index (χ0n) is 14.8. The second-order valence-electron chi connectivity index (χ2n) is 6.24. The number of morpholine rings is 1. The molecule has 0 aromatic heterocycles. The van der Waals surface area contributed by atoms with Crippen LogP contribution in [0.4, 0.5) is 0 Å². The average molecular weight is 390 g/mol. The molecule has 8 heteroatoms. The molecule has 1 fully saturated rings. The Kier molecular flexibility index (Phi) is 6.10. The van der Waals surface area contributed by atoms with Crippen LogP contribution in [-0.2, 0) is 27.1 Å². The summed E-state index contributed by atoms with van der Waals surface area (Å²) in [4.78, 5) is 12.3. The fourth-order valence-corrected chi connectivity index (χ4v) is 4.48. The van der Waals surface area contributed by atoms with Crippen LogP contribution in [0.25, 0.3) is 0 Å². The van der Waals surface area contributed by atoms with Gasteiger partial charge in [-0.2, -0.15) is 4.31 Å². The maximum atomic E-state index is 12.7. The molecule has 27 heavy (non-hydrogen) atoms. The zero-order chi connectivity index (χ0) is 19.3. The Balaban J connectivity index is 1.70. The summed E-state index contributed by atoms with van der Waals surface area (Å²) >= 11 is 0. The fraction of sp³-hybridized carbons (Fsp3) is 0.316. The van der Waals surface area contributed by atoms with Crippen LogP contribution in [0.1, 0.15) is 21.5 Å². The molecule has 1 aliphatic heterocycles. The molecule has 0 aliphatic carbocycles. The smallest absolute Gasteiger partial charge is 0.255 e. The van der Waals surface area contributed by atoms with E-state index >= 15 is 0 Å². The average Bonchev–Trinajstić information content (AvgIpc) is 2.68. The quantitative estimate of drug-likeness (QED) is 0.779. The summed E-state index contributed by atoms with van der Waals surface area (Å²) < 4.78 is 32.0. The second kappa shape index (κ2) is 8.51. The predicted molar refractivity (Wildman–Crippen MR) is 101 cm³/mol. The van der Waals surface area contributed by atoms with E-state index in [-0.39, 0.29) is 23.6 Å². The topological polar surface area (TPSA) is 95.9 Å². The van der Waals surface area contributed by atoms with Crippen molar-refractivity contribution in [3.63, 3.8) is 0 Å². The highest BCUT2D eigenvalue weighted by Crippen LogP contribution is 2.18. The molecular weight excluding hydrogens is 368 g/mol. The number of para-hydroxylation sites is 1. The van der Waals surface area contributed by atoms with Crippen molar-refractivity contribution in [3.8, 4) is 5.75 Å². The number of ether oxygens (including phenoxy) is 1. The molecule has 2 N–H and O–H groups in total. The Morgan fingerprint density at radius 3 is 2.37 bits per heavy atom. The first kappa shape index (κ1) is 19.3. The summed E-state index contributed by atoms with van der Waals surface area (Å²) in [6, 6.07) is 13.4. The summed E-state index contributed by atoms with van der Waals surface area (Å²) in [5.74, 6) is -0.646. The van der Waals surface area contributed by atoms with Gasteiger partial charge in [-0.25, -0.2) is 8.42 Å². The first-order valence-electron chi connectivity index (χ1n) is 8.66. The summed E-state index contributed by atoms with van der Waals surface area (Å²) in [5, 5.41) is 12.5. The number of benzene rings is 2. The molecule has 0 unspecified atom stereocenters. The Morgan fingerprint density at radius 2 is 1.67 bits per heavy atom. The molecule has 0 atom stereocenters. The van der Waals surface area contributed by atoms with Crippen molar-refractivity contribution in [2.75, 3.05) is 26.3 Å². The lowest BCUT2D eigenvalue weighted by molar-refractivity contribution is 0.0729. The Bertz CT molecular complexity index is 908. The number of phenolic OH excluding ortho intramolecular Hbond substituents is 1. The van der Waals surface area contributed by atoms with Crippen molar-refractivity contribution in [2.45, 2.75) is 12.3 Å². The number of carbonyl (C=O) groups excluding carboxylic acids is 1. The highest BCUT2D eigenvalue weighted by atomic mass is 32.2. The van der Waals surface area contributed by atoms with Gasteiger partial charge in [0.15, 0.2) is 0 Å². The van der Waals surface area contributed by atoms with E-state index < -0.39 is 15.9 Å². The minimum atomic E-state index is -3.46. The van der Waals surface area contributed by atoms with Gasteiger partial charge in [-0.1, -0.05) is 36.4 Å². The van der Waals surface area contributed by atoms with Gasteiger partial charge in [-0.3, -0.25) is 4.79 Å². The largest absolute Gasteiger partial charge is 0.507 e. The molecule has 0 spiro atoms. The van der Waals surface area contributed by atoms with E-state index in [1.54, 1.807) is 36.4 Å². The van der Waals surface area contributed by atoms with E-state index in [0.717, 1.165) is 5.56 Å². The first-order chi connectivity index (χ1) is 13.0. The number of rotatable bonds is 6. The molecule has 2 aromatic carbocycles. The molecule has 144 valence electrons. The highest BCUT2D eigenvalue weighted by Gasteiger charge is 2.25. The van der Waals surface area contributed by atoms with Gasteiger partial charge < -0.3 is 15.2 Å². The van der Waals surface area contributed by atoms with Gasteiger partial charge in [0.25, 0.3) is 5.91 Å². The molecular formula is C19H22N2O5S. The molecule has 7 nitrogen and oxygen atoms in total. The van der Waals surface area contributed by atoms with Crippen LogP contribution in [0.5, 0.6) is 5.75 Å². The SMILES string of the molecule is O=C(NCc1ccccc1CS(=O)(=O)N1CCOCC1)c1ccccc1O. The molecule has 3 rings (SSSR count). The van der Waals surface area contributed by atoms with Crippen molar-refractivity contribution in [1.29, 1.82) is 0 Å². The molecule has 1 aliphatic rings. The number of hydrogen-bond acceptors (Lipinski definition) is 5. The highest BCUT2D eigenvalue weighted by molar-refractivity contribution is 7.88. The third kappa shape index (κ3) is 4.85. The number of hydrogen-bond donors (Lipinski definition) is 2. The summed E-state index contributed by atoms with van der Waals surface area (Å²) in [6.45, 7) is 1.68. The lowest BCUT2D eigenvalue weighted by Gasteiger charge is -2.26. The van der Waals surface area contributed by atoms with Gasteiger partial charge in [0.2, 0.25) is 10.0 Å². The number of aromatic hydroxyl groups is 1. The molecule has 0 bridgehead atoms. The van der Waals surface area contributed by atoms with Crippen molar-refractivity contribution >= 4 is 15.9 Å². The van der Waals surface area contributed by atoms with Gasteiger partial charge in [-0.15, -0.1) is 0 Å². The van der Waals surface area contributed by atoms with Crippen LogP contribution in [0.15, 0.2) is 48.5 Å². The molecule has 1 heterocycles. The van der Waals surface area contributed by atoms with E-state index in [0.29, 0.717) is 31.9 Å². The van der Waals surface area contributed by atoms with Crippen LogP contribution in [-0.4, -0.2) is 50.0 Å². The van der Waals surface area contributed by atoms with Crippen LogP contribution in [0, 0.1) is 0 Å². The van der Waals surface area contributed by atoms with E-state index in [1.807, 2.05) is 0 Å². The Hall–Kier alpha value is -2.42. The van der Waals surface area contributed by atoms with Crippen LogP contribution in [0.2, 0.25) is 0 Å². The van der Waals surface area contributed by atoms with Gasteiger partial charge in [0, 0.05) is 19.6 Å². The molecule has 1 amide bonds. The number of carbonyl (C=O) groups is 1. The number of nitrogens with one attached hydrogen (secondary N) is 1. The first-order valence-corrected chi connectivity index (χ1v) is 10.3. The van der Waals surface area contributed by atoms with Crippen molar-refractivity contribution in [1.82, 2.24) is 9.62 Å². The third-order valence-electron chi connectivity index (χ3n) is 4.41. The summed E-state index contributed by atoms with van der Waals surface area (Å²) in [6.07, 6.45) is 0. The molecule has 1 saturated heterocycles. The standard InChI is InChI=1S/C19H22N2O5S/c22-18-8-4-3-7-17(18)19(23)20-13-15-5-1-2-6-16(15)14-27(24,25)21-9-11-26-12-10-21/h1-8,22H,9-14H2,(H,20,23). The zero-order valence-corrected chi connectivity index (χ0v) is 15.6. The van der Waals surface area contributed by atoms with Crippen LogP contribution < -0.4 is 5.32 Å². The minimum Gasteiger partial charge on any atom is -0.507 e. The lowest BCUT2D eigenvalue weighted by atomic mass is 10.1. The molecule has 0 radical (unpaired) electrons. The Labute approximate surface area is 158 Å². The van der Waals surface area contributed by atoms with Crippen molar-refractivity contribution in [3.05, 3.63) is 65.2 Å². The summed E-state index contributed by atoms with van der Waals surface area (Å²) in [7, 11) is -3.46. The van der Waals surface area contributed by atoms with Crippen molar-refractivity contribution in [2.24, 2.45) is 0 Å². The monoisotopic (exact) mass is 390 g/mol. The van der Waals surface area contributed by atoms with Crippen LogP contribution in [0.3, 0.4) is 0 Å².